The van der Waals surface area contributed by atoms with Crippen molar-refractivity contribution in [2.75, 3.05) is 11.9 Å². The summed E-state index contributed by atoms with van der Waals surface area (Å²) in [6.07, 6.45) is 0. The van der Waals surface area contributed by atoms with Crippen LogP contribution >= 0.6 is 0 Å². The number of benzene rings is 3. The van der Waals surface area contributed by atoms with Crippen LogP contribution < -0.4 is 10.1 Å². The van der Waals surface area contributed by atoms with Gasteiger partial charge in [-0.2, -0.15) is 0 Å². The van der Waals surface area contributed by atoms with Crippen LogP contribution in [0.2, 0.25) is 0 Å². The van der Waals surface area contributed by atoms with E-state index in [-0.39, 0.29) is 5.89 Å². The largest absolute Gasteiger partial charge is 0.494 e. The van der Waals surface area contributed by atoms with Crippen molar-refractivity contribution < 1.29 is 9.15 Å². The van der Waals surface area contributed by atoms with Crippen LogP contribution in [0, 0.1) is 0 Å². The van der Waals surface area contributed by atoms with Crippen LogP contribution in [0.3, 0.4) is 0 Å². The van der Waals surface area contributed by atoms with Crippen molar-refractivity contribution in [2.24, 2.45) is 0 Å². The third kappa shape index (κ3) is 3.93. The molecule has 31 heavy (non-hydrogen) atoms. The molecule has 0 aliphatic heterocycles. The summed E-state index contributed by atoms with van der Waals surface area (Å²) < 4.78 is 11.4. The van der Waals surface area contributed by atoms with E-state index in [2.05, 4.69) is 25.5 Å². The number of hydrogen-bond acceptors (Lipinski definition) is 7. The highest BCUT2D eigenvalue weighted by Crippen LogP contribution is 2.29. The number of hydrogen-bond donors (Lipinski definition) is 1. The lowest BCUT2D eigenvalue weighted by Gasteiger charge is -2.10. The smallest absolute Gasteiger partial charge is 0.286 e. The first-order valence-corrected chi connectivity index (χ1v) is 9.96. The molecule has 2 heterocycles. The number of nitrogens with one attached hydrogen (secondary N) is 1. The zero-order chi connectivity index (χ0) is 21.0. The number of anilines is 2. The Hall–Kier alpha value is -4.26. The summed E-state index contributed by atoms with van der Waals surface area (Å²) in [7, 11) is 0. The fourth-order valence-electron chi connectivity index (χ4n) is 3.22. The normalized spacial score (nSPS) is 10.9. The van der Waals surface area contributed by atoms with Crippen molar-refractivity contribution in [1.29, 1.82) is 0 Å². The van der Waals surface area contributed by atoms with Gasteiger partial charge in [0.05, 0.1) is 12.1 Å². The molecule has 0 bridgehead atoms. The second-order valence-corrected chi connectivity index (χ2v) is 6.77. The molecular formula is C24H19N5O2. The molecular weight excluding hydrogens is 390 g/mol. The highest BCUT2D eigenvalue weighted by molar-refractivity contribution is 5.91. The third-order valence-electron chi connectivity index (χ3n) is 4.67. The SMILES string of the molecule is CCOc1ccc(Nc2nc(-c3nnc(-c4ccccc4)o3)nc3ccccc23)cc1. The van der Waals surface area contributed by atoms with Crippen LogP contribution in [0.15, 0.2) is 83.3 Å². The number of aromatic nitrogens is 4. The summed E-state index contributed by atoms with van der Waals surface area (Å²) in [5, 5.41) is 12.6. The Kier molecular flexibility index (Phi) is 4.98. The van der Waals surface area contributed by atoms with Crippen LogP contribution in [0.1, 0.15) is 6.92 Å². The van der Waals surface area contributed by atoms with Crippen LogP contribution in [0.4, 0.5) is 11.5 Å². The Bertz CT molecular complexity index is 1320. The lowest BCUT2D eigenvalue weighted by molar-refractivity contribution is 0.340. The molecule has 3 aromatic carbocycles. The Morgan fingerprint density at radius 3 is 2.35 bits per heavy atom. The van der Waals surface area contributed by atoms with Gasteiger partial charge in [0.2, 0.25) is 11.7 Å². The van der Waals surface area contributed by atoms with Gasteiger partial charge < -0.3 is 14.5 Å². The van der Waals surface area contributed by atoms with Crippen molar-refractivity contribution in [3.63, 3.8) is 0 Å². The molecule has 5 aromatic rings. The lowest BCUT2D eigenvalue weighted by atomic mass is 10.2. The Morgan fingerprint density at radius 2 is 1.55 bits per heavy atom. The Labute approximate surface area is 178 Å². The minimum atomic E-state index is 0.263. The lowest BCUT2D eigenvalue weighted by Crippen LogP contribution is -2.00. The number of fused-ring (bicyclic) bond motifs is 1. The Balaban J connectivity index is 1.52. The van der Waals surface area contributed by atoms with Gasteiger partial charge in [0.1, 0.15) is 11.6 Å². The standard InChI is InChI=1S/C24H19N5O2/c1-2-30-18-14-12-17(13-15-18)25-21-19-10-6-7-11-20(19)26-22(27-21)24-29-28-23(31-24)16-8-4-3-5-9-16/h3-15H,2H2,1H3,(H,25,26,27). The van der Waals surface area contributed by atoms with Gasteiger partial charge in [-0.25, -0.2) is 9.97 Å². The minimum Gasteiger partial charge on any atom is -0.494 e. The molecule has 0 unspecified atom stereocenters. The zero-order valence-corrected chi connectivity index (χ0v) is 16.8. The summed E-state index contributed by atoms with van der Waals surface area (Å²) in [6, 6.07) is 25.1. The van der Waals surface area contributed by atoms with Crippen molar-refractivity contribution in [1.82, 2.24) is 20.2 Å². The van der Waals surface area contributed by atoms with Crippen LogP contribution in [-0.4, -0.2) is 26.8 Å². The van der Waals surface area contributed by atoms with E-state index in [0.29, 0.717) is 24.1 Å². The maximum Gasteiger partial charge on any atom is 0.286 e. The predicted octanol–water partition coefficient (Wildman–Crippen LogP) is 5.49. The quantitative estimate of drug-likeness (QED) is 0.397. The third-order valence-corrected chi connectivity index (χ3v) is 4.67. The fourth-order valence-corrected chi connectivity index (χ4v) is 3.22. The minimum absolute atomic E-state index is 0.263. The highest BCUT2D eigenvalue weighted by Gasteiger charge is 2.16. The molecule has 7 nitrogen and oxygen atoms in total. The second kappa shape index (κ2) is 8.23. The van der Waals surface area contributed by atoms with E-state index in [4.69, 9.17) is 9.15 Å². The van der Waals surface area contributed by atoms with E-state index in [1.807, 2.05) is 85.8 Å². The van der Waals surface area contributed by atoms with Gasteiger partial charge in [-0.3, -0.25) is 0 Å². The maximum atomic E-state index is 5.86. The molecule has 5 rings (SSSR count). The van der Waals surface area contributed by atoms with Gasteiger partial charge in [0.15, 0.2) is 0 Å². The second-order valence-electron chi connectivity index (χ2n) is 6.77. The fraction of sp³-hybridized carbons (Fsp3) is 0.0833. The summed E-state index contributed by atoms with van der Waals surface area (Å²) in [6.45, 7) is 2.59. The van der Waals surface area contributed by atoms with Crippen LogP contribution in [-0.2, 0) is 0 Å². The van der Waals surface area contributed by atoms with Gasteiger partial charge in [-0.1, -0.05) is 30.3 Å². The van der Waals surface area contributed by atoms with Gasteiger partial charge >= 0.3 is 0 Å². The molecule has 0 atom stereocenters. The molecule has 2 aromatic heterocycles. The van der Waals surface area contributed by atoms with Gasteiger partial charge in [-0.05, 0) is 55.5 Å². The number of nitrogens with zero attached hydrogens (tertiary/aromatic N) is 4. The first-order chi connectivity index (χ1) is 15.3. The molecule has 152 valence electrons. The zero-order valence-electron chi connectivity index (χ0n) is 16.8. The van der Waals surface area contributed by atoms with Gasteiger partial charge in [0.25, 0.3) is 5.89 Å². The molecule has 0 radical (unpaired) electrons. The summed E-state index contributed by atoms with van der Waals surface area (Å²) >= 11 is 0. The summed E-state index contributed by atoms with van der Waals surface area (Å²) in [5.74, 6) is 2.53. The van der Waals surface area contributed by atoms with Crippen LogP contribution in [0.5, 0.6) is 5.75 Å². The molecule has 1 N–H and O–H groups in total. The summed E-state index contributed by atoms with van der Waals surface area (Å²) in [5.41, 5.74) is 2.50. The first-order valence-electron chi connectivity index (χ1n) is 9.96. The van der Waals surface area contributed by atoms with Crippen LogP contribution in [0.25, 0.3) is 34.1 Å². The number of ether oxygens (including phenoxy) is 1. The van der Waals surface area contributed by atoms with E-state index in [9.17, 15) is 0 Å². The molecule has 0 saturated heterocycles. The van der Waals surface area contributed by atoms with Gasteiger partial charge in [-0.15, -0.1) is 10.2 Å². The monoisotopic (exact) mass is 409 g/mol. The van der Waals surface area contributed by atoms with E-state index >= 15 is 0 Å². The molecule has 0 amide bonds. The van der Waals surface area contributed by atoms with Crippen molar-refractivity contribution in [3.8, 4) is 28.9 Å². The average Bonchev–Trinajstić information content (AvgIpc) is 3.32. The highest BCUT2D eigenvalue weighted by atomic mass is 16.5. The van der Waals surface area contributed by atoms with E-state index < -0.39 is 0 Å². The van der Waals surface area contributed by atoms with E-state index in [1.54, 1.807) is 0 Å². The summed E-state index contributed by atoms with van der Waals surface area (Å²) in [4.78, 5) is 9.31. The van der Waals surface area contributed by atoms with Crippen molar-refractivity contribution >= 4 is 22.4 Å². The number of para-hydroxylation sites is 1. The molecule has 7 heteroatoms. The molecule has 0 spiro atoms. The van der Waals surface area contributed by atoms with E-state index in [1.165, 1.54) is 0 Å². The molecule has 0 fully saturated rings. The Morgan fingerprint density at radius 1 is 0.806 bits per heavy atom. The molecule has 0 saturated carbocycles. The average molecular weight is 409 g/mol. The molecule has 0 aliphatic rings. The number of rotatable bonds is 6. The van der Waals surface area contributed by atoms with E-state index in [0.717, 1.165) is 27.9 Å². The topological polar surface area (TPSA) is 86.0 Å². The van der Waals surface area contributed by atoms with Crippen molar-refractivity contribution in [2.45, 2.75) is 6.92 Å². The predicted molar refractivity (Wildman–Crippen MR) is 119 cm³/mol. The molecule has 0 aliphatic carbocycles. The maximum absolute atomic E-state index is 5.86. The van der Waals surface area contributed by atoms with Gasteiger partial charge in [0, 0.05) is 16.6 Å². The first kappa shape index (κ1) is 18.7. The van der Waals surface area contributed by atoms with Crippen molar-refractivity contribution in [3.05, 3.63) is 78.9 Å².